The summed E-state index contributed by atoms with van der Waals surface area (Å²) in [6.45, 7) is 1.60. The molecule has 0 N–H and O–H groups in total. The van der Waals surface area contributed by atoms with E-state index in [0.29, 0.717) is 30.6 Å². The van der Waals surface area contributed by atoms with Crippen molar-refractivity contribution in [1.29, 1.82) is 0 Å². The minimum atomic E-state index is -0.0923. The van der Waals surface area contributed by atoms with Crippen molar-refractivity contribution in [2.75, 3.05) is 20.2 Å². The van der Waals surface area contributed by atoms with Crippen molar-refractivity contribution in [2.24, 2.45) is 0 Å². The molecule has 2 aromatic rings. The first-order chi connectivity index (χ1) is 10.3. The number of hydrogen-bond donors (Lipinski definition) is 0. The minimum Gasteiger partial charge on any atom is -0.459 e. The van der Waals surface area contributed by atoms with Crippen LogP contribution in [-0.2, 0) is 11.3 Å². The highest BCUT2D eigenvalue weighted by Gasteiger charge is 2.29. The van der Waals surface area contributed by atoms with Crippen molar-refractivity contribution in [3.05, 3.63) is 35.9 Å². The van der Waals surface area contributed by atoms with Crippen LogP contribution in [0.15, 0.2) is 27.3 Å². The number of ether oxygens (including phenoxy) is 1. The first kappa shape index (κ1) is 13.8. The van der Waals surface area contributed by atoms with Gasteiger partial charge in [-0.25, -0.2) is 0 Å². The maximum Gasteiger partial charge on any atom is 0.289 e. The van der Waals surface area contributed by atoms with Crippen LogP contribution in [0, 0.1) is 0 Å². The van der Waals surface area contributed by atoms with Gasteiger partial charge in [0.25, 0.3) is 11.8 Å². The number of likely N-dealkylation sites (tertiary alicyclic amines) is 1. The van der Waals surface area contributed by atoms with Gasteiger partial charge in [0.1, 0.15) is 6.61 Å². The molecule has 112 valence electrons. The monoisotopic (exact) mass is 291 g/mol. The topological polar surface area (TPSA) is 81.6 Å². The van der Waals surface area contributed by atoms with Crippen LogP contribution >= 0.6 is 0 Å². The molecular weight excluding hydrogens is 274 g/mol. The predicted molar refractivity (Wildman–Crippen MR) is 71.6 cm³/mol. The number of aromatic nitrogens is 2. The summed E-state index contributed by atoms with van der Waals surface area (Å²) in [5.74, 6) is 1.46. The van der Waals surface area contributed by atoms with Gasteiger partial charge in [0.15, 0.2) is 11.6 Å². The number of carbonyl (C=O) groups is 1. The lowest BCUT2D eigenvalue weighted by Gasteiger charge is -2.30. The Kier molecular flexibility index (Phi) is 4.01. The molecule has 1 unspecified atom stereocenters. The zero-order chi connectivity index (χ0) is 14.7. The van der Waals surface area contributed by atoms with Gasteiger partial charge < -0.3 is 18.6 Å². The number of methoxy groups -OCH3 is 1. The van der Waals surface area contributed by atoms with E-state index < -0.39 is 0 Å². The van der Waals surface area contributed by atoms with Crippen LogP contribution in [0.2, 0.25) is 0 Å². The van der Waals surface area contributed by atoms with Crippen molar-refractivity contribution in [2.45, 2.75) is 25.4 Å². The molecule has 0 saturated carbocycles. The maximum atomic E-state index is 12.3. The van der Waals surface area contributed by atoms with E-state index in [0.717, 1.165) is 19.4 Å². The number of furan rings is 1. The van der Waals surface area contributed by atoms with Crippen molar-refractivity contribution in [3.63, 3.8) is 0 Å². The van der Waals surface area contributed by atoms with Gasteiger partial charge in [0.2, 0.25) is 0 Å². The lowest BCUT2D eigenvalue weighted by atomic mass is 9.97. The molecule has 0 spiro atoms. The fourth-order valence-electron chi connectivity index (χ4n) is 2.54. The zero-order valence-electron chi connectivity index (χ0n) is 11.8. The number of amides is 1. The third-order valence-electron chi connectivity index (χ3n) is 3.56. The largest absolute Gasteiger partial charge is 0.459 e. The minimum absolute atomic E-state index is 0.0898. The molecule has 1 saturated heterocycles. The summed E-state index contributed by atoms with van der Waals surface area (Å²) in [4.78, 5) is 18.4. The highest BCUT2D eigenvalue weighted by molar-refractivity contribution is 5.91. The third-order valence-corrected chi connectivity index (χ3v) is 3.56. The molecule has 1 aliphatic heterocycles. The Bertz CT molecular complexity index is 593. The van der Waals surface area contributed by atoms with Crippen LogP contribution in [-0.4, -0.2) is 41.1 Å². The summed E-state index contributed by atoms with van der Waals surface area (Å²) < 4.78 is 15.2. The molecule has 1 fully saturated rings. The number of nitrogens with zero attached hydrogens (tertiary/aromatic N) is 3. The number of hydrogen-bond acceptors (Lipinski definition) is 6. The summed E-state index contributed by atoms with van der Waals surface area (Å²) in [7, 11) is 1.58. The Balaban J connectivity index is 1.69. The molecule has 0 aromatic carbocycles. The van der Waals surface area contributed by atoms with Gasteiger partial charge >= 0.3 is 0 Å². The second-order valence-electron chi connectivity index (χ2n) is 5.05. The Morgan fingerprint density at radius 2 is 2.48 bits per heavy atom. The molecule has 7 nitrogen and oxygen atoms in total. The highest BCUT2D eigenvalue weighted by Crippen LogP contribution is 2.26. The summed E-state index contributed by atoms with van der Waals surface area (Å²) in [5.41, 5.74) is 0. The van der Waals surface area contributed by atoms with Crippen LogP contribution in [0.5, 0.6) is 0 Å². The van der Waals surface area contributed by atoms with Gasteiger partial charge in [0.05, 0.1) is 6.26 Å². The molecule has 1 amide bonds. The van der Waals surface area contributed by atoms with Crippen molar-refractivity contribution in [3.8, 4) is 0 Å². The molecule has 7 heteroatoms. The van der Waals surface area contributed by atoms with Gasteiger partial charge in [-0.1, -0.05) is 5.16 Å². The van der Waals surface area contributed by atoms with Crippen LogP contribution in [0.3, 0.4) is 0 Å². The Morgan fingerprint density at radius 3 is 3.24 bits per heavy atom. The first-order valence-electron chi connectivity index (χ1n) is 6.92. The van der Waals surface area contributed by atoms with Crippen LogP contribution in [0.25, 0.3) is 0 Å². The van der Waals surface area contributed by atoms with E-state index in [1.165, 1.54) is 6.26 Å². The lowest BCUT2D eigenvalue weighted by Crippen LogP contribution is -2.39. The fourth-order valence-corrected chi connectivity index (χ4v) is 2.54. The van der Waals surface area contributed by atoms with E-state index >= 15 is 0 Å². The first-order valence-corrected chi connectivity index (χ1v) is 6.92. The summed E-state index contributed by atoms with van der Waals surface area (Å²) in [6, 6.07) is 3.39. The molecule has 3 heterocycles. The van der Waals surface area contributed by atoms with Gasteiger partial charge in [-0.05, 0) is 25.0 Å². The van der Waals surface area contributed by atoms with Crippen molar-refractivity contribution >= 4 is 5.91 Å². The van der Waals surface area contributed by atoms with E-state index in [9.17, 15) is 4.79 Å². The average Bonchev–Trinajstić information content (AvgIpc) is 3.18. The van der Waals surface area contributed by atoms with Crippen LogP contribution < -0.4 is 0 Å². The highest BCUT2D eigenvalue weighted by atomic mass is 16.5. The zero-order valence-corrected chi connectivity index (χ0v) is 11.8. The van der Waals surface area contributed by atoms with E-state index in [4.69, 9.17) is 13.7 Å². The summed E-state index contributed by atoms with van der Waals surface area (Å²) in [6.07, 6.45) is 3.35. The Morgan fingerprint density at radius 1 is 1.57 bits per heavy atom. The molecule has 0 radical (unpaired) electrons. The van der Waals surface area contributed by atoms with Crippen molar-refractivity contribution in [1.82, 2.24) is 15.0 Å². The normalized spacial score (nSPS) is 18.9. The van der Waals surface area contributed by atoms with E-state index in [1.807, 2.05) is 0 Å². The summed E-state index contributed by atoms with van der Waals surface area (Å²) in [5, 5.41) is 3.99. The molecule has 1 atom stereocenters. The number of carbonyl (C=O) groups excluding carboxylic acids is 1. The van der Waals surface area contributed by atoms with E-state index in [-0.39, 0.29) is 11.8 Å². The average molecular weight is 291 g/mol. The molecular formula is C14H17N3O4. The van der Waals surface area contributed by atoms with Crippen LogP contribution in [0.1, 0.15) is 41.0 Å². The van der Waals surface area contributed by atoms with Gasteiger partial charge in [-0.3, -0.25) is 4.79 Å². The predicted octanol–water partition coefficient (Wildman–Crippen LogP) is 1.83. The van der Waals surface area contributed by atoms with Crippen LogP contribution in [0.4, 0.5) is 0 Å². The molecule has 0 bridgehead atoms. The second-order valence-corrected chi connectivity index (χ2v) is 5.05. The third kappa shape index (κ3) is 2.97. The number of piperidine rings is 1. The van der Waals surface area contributed by atoms with Gasteiger partial charge in [-0.15, -0.1) is 0 Å². The lowest BCUT2D eigenvalue weighted by molar-refractivity contribution is 0.0671. The van der Waals surface area contributed by atoms with E-state index in [2.05, 4.69) is 10.1 Å². The molecule has 1 aliphatic rings. The molecule has 0 aliphatic carbocycles. The van der Waals surface area contributed by atoms with E-state index in [1.54, 1.807) is 24.1 Å². The second kappa shape index (κ2) is 6.09. The summed E-state index contributed by atoms with van der Waals surface area (Å²) >= 11 is 0. The standard InChI is InChI=1S/C14H17N3O4/c1-19-9-12-15-13(16-21-12)10-4-2-6-17(8-10)14(18)11-5-3-7-20-11/h3,5,7,10H,2,4,6,8-9H2,1H3. The quantitative estimate of drug-likeness (QED) is 0.854. The molecule has 3 rings (SSSR count). The van der Waals surface area contributed by atoms with Gasteiger partial charge in [-0.2, -0.15) is 4.98 Å². The number of rotatable bonds is 4. The Labute approximate surface area is 121 Å². The van der Waals surface area contributed by atoms with Crippen molar-refractivity contribution < 1.29 is 18.5 Å². The molecule has 21 heavy (non-hydrogen) atoms. The SMILES string of the molecule is COCc1nc(C2CCCN(C(=O)c3ccco3)C2)no1. The molecule has 2 aromatic heterocycles. The Hall–Kier alpha value is -2.15. The maximum absolute atomic E-state index is 12.3. The van der Waals surface area contributed by atoms with Gasteiger partial charge in [0, 0.05) is 26.1 Å². The smallest absolute Gasteiger partial charge is 0.289 e. The fraction of sp³-hybridized carbons (Fsp3) is 0.500.